The molecular weight excluding hydrogens is 602 g/mol. The zero-order chi connectivity index (χ0) is 33.0. The summed E-state index contributed by atoms with van der Waals surface area (Å²) in [6.07, 6.45) is 9.12. The number of anilines is 2. The van der Waals surface area contributed by atoms with Crippen molar-refractivity contribution in [1.82, 2.24) is 30.3 Å². The van der Waals surface area contributed by atoms with Gasteiger partial charge in [-0.1, -0.05) is 25.0 Å². The first kappa shape index (κ1) is 33.7. The minimum absolute atomic E-state index is 0.0702. The van der Waals surface area contributed by atoms with Crippen molar-refractivity contribution in [2.75, 3.05) is 70.4 Å². The van der Waals surface area contributed by atoms with Crippen molar-refractivity contribution in [2.45, 2.75) is 51.4 Å². The average Bonchev–Trinajstić information content (AvgIpc) is 3.68. The second-order valence-electron chi connectivity index (χ2n) is 12.1. The van der Waals surface area contributed by atoms with E-state index in [-0.39, 0.29) is 42.6 Å². The third-order valence-corrected chi connectivity index (χ3v) is 8.69. The molecule has 252 valence electrons. The van der Waals surface area contributed by atoms with E-state index in [1.54, 1.807) is 27.0 Å². The van der Waals surface area contributed by atoms with Crippen molar-refractivity contribution in [1.29, 1.82) is 0 Å². The summed E-state index contributed by atoms with van der Waals surface area (Å²) >= 11 is 0. The number of pyridine rings is 1. The topological polar surface area (TPSA) is 144 Å². The molecule has 1 aromatic heterocycles. The highest BCUT2D eigenvalue weighted by Crippen LogP contribution is 2.34. The molecule has 13 nitrogen and oxygen atoms in total. The van der Waals surface area contributed by atoms with E-state index < -0.39 is 0 Å². The molecule has 0 saturated carbocycles. The summed E-state index contributed by atoms with van der Waals surface area (Å²) in [6, 6.07) is 9.15. The molecule has 0 radical (unpaired) electrons. The molecule has 5 amide bonds. The highest BCUT2D eigenvalue weighted by Gasteiger charge is 2.25. The number of nitrogens with zero attached hydrogens (tertiary/aromatic N) is 5. The van der Waals surface area contributed by atoms with Crippen molar-refractivity contribution in [3.63, 3.8) is 0 Å². The first-order chi connectivity index (χ1) is 22.9. The Balaban J connectivity index is 1.32. The van der Waals surface area contributed by atoms with Gasteiger partial charge in [-0.15, -0.1) is 0 Å². The number of ether oxygens (including phenoxy) is 1. The Hall–Kier alpha value is -4.68. The number of hydrogen-bond donors (Lipinski definition) is 2. The minimum Gasteiger partial charge on any atom is -0.491 e. The molecule has 0 spiro atoms. The highest BCUT2D eigenvalue weighted by molar-refractivity contribution is 5.97. The van der Waals surface area contributed by atoms with Gasteiger partial charge in [0, 0.05) is 64.9 Å². The van der Waals surface area contributed by atoms with Crippen LogP contribution in [0.3, 0.4) is 0 Å². The molecule has 2 N–H and O–H groups in total. The maximum Gasteiger partial charge on any atom is 0.255 e. The normalized spacial score (nSPS) is 17.6. The molecule has 0 atom stereocenters. The monoisotopic (exact) mass is 647 g/mol. The molecule has 0 aliphatic carbocycles. The van der Waals surface area contributed by atoms with E-state index in [0.29, 0.717) is 87.9 Å². The number of carbonyl (C=O) groups is 5. The van der Waals surface area contributed by atoms with Gasteiger partial charge in [-0.2, -0.15) is 0 Å². The van der Waals surface area contributed by atoms with Crippen molar-refractivity contribution >= 4 is 40.9 Å². The minimum atomic E-state index is -0.330. The van der Waals surface area contributed by atoms with Crippen molar-refractivity contribution in [3.05, 3.63) is 48.3 Å². The Morgan fingerprint density at radius 1 is 0.745 bits per heavy atom. The van der Waals surface area contributed by atoms with Crippen molar-refractivity contribution < 1.29 is 28.7 Å². The lowest BCUT2D eigenvalue weighted by molar-refractivity contribution is -0.128. The van der Waals surface area contributed by atoms with Crippen LogP contribution >= 0.6 is 0 Å². The van der Waals surface area contributed by atoms with E-state index in [1.807, 2.05) is 24.3 Å². The average molecular weight is 648 g/mol. The number of benzene rings is 1. The summed E-state index contributed by atoms with van der Waals surface area (Å²) in [6.45, 7) is 3.68. The lowest BCUT2D eigenvalue weighted by atomic mass is 10.1. The SMILES string of the molecule is O=C(CN1CCCCCCOc2ccccc2N(CC(=O)NCCN2CCCC2=O)c2cncc(c2)C1=O)NCCN1CCCC1=O. The smallest absolute Gasteiger partial charge is 0.255 e. The van der Waals surface area contributed by atoms with Crippen LogP contribution in [0.1, 0.15) is 61.7 Å². The van der Waals surface area contributed by atoms with Crippen LogP contribution in [0.4, 0.5) is 11.4 Å². The quantitative estimate of drug-likeness (QED) is 0.399. The van der Waals surface area contributed by atoms with Gasteiger partial charge in [-0.25, -0.2) is 0 Å². The molecular formula is C34H45N7O6. The molecule has 4 heterocycles. The molecule has 3 aliphatic heterocycles. The van der Waals surface area contributed by atoms with E-state index in [2.05, 4.69) is 15.6 Å². The van der Waals surface area contributed by atoms with Crippen LogP contribution in [0.5, 0.6) is 5.75 Å². The van der Waals surface area contributed by atoms with Gasteiger partial charge in [0.1, 0.15) is 12.3 Å². The van der Waals surface area contributed by atoms with E-state index in [4.69, 9.17) is 4.74 Å². The van der Waals surface area contributed by atoms with Gasteiger partial charge >= 0.3 is 0 Å². The van der Waals surface area contributed by atoms with Gasteiger partial charge in [0.2, 0.25) is 23.6 Å². The number of likely N-dealkylation sites (tertiary alicyclic amines) is 2. The maximum absolute atomic E-state index is 13.9. The van der Waals surface area contributed by atoms with Gasteiger partial charge in [0.15, 0.2) is 0 Å². The summed E-state index contributed by atoms with van der Waals surface area (Å²) in [5.74, 6) is -0.0517. The summed E-state index contributed by atoms with van der Waals surface area (Å²) in [5.41, 5.74) is 1.47. The molecule has 47 heavy (non-hydrogen) atoms. The van der Waals surface area contributed by atoms with Crippen LogP contribution in [-0.2, 0) is 19.2 Å². The van der Waals surface area contributed by atoms with Crippen LogP contribution in [0, 0.1) is 0 Å². The fourth-order valence-corrected chi connectivity index (χ4v) is 6.16. The predicted molar refractivity (Wildman–Crippen MR) is 175 cm³/mol. The first-order valence-electron chi connectivity index (χ1n) is 16.7. The molecule has 2 aromatic rings. The maximum atomic E-state index is 13.9. The Bertz CT molecular complexity index is 1440. The predicted octanol–water partition coefficient (Wildman–Crippen LogP) is 2.09. The zero-order valence-electron chi connectivity index (χ0n) is 27.0. The number of fused-ring (bicyclic) bond motifs is 3. The fourth-order valence-electron chi connectivity index (χ4n) is 6.16. The second-order valence-corrected chi connectivity index (χ2v) is 12.1. The first-order valence-corrected chi connectivity index (χ1v) is 16.7. The lowest BCUT2D eigenvalue weighted by Crippen LogP contribution is -2.43. The van der Waals surface area contributed by atoms with Crippen LogP contribution in [-0.4, -0.2) is 115 Å². The fraction of sp³-hybridized carbons (Fsp3) is 0.529. The Labute approximate surface area is 275 Å². The van der Waals surface area contributed by atoms with Gasteiger partial charge in [-0.05, 0) is 43.9 Å². The van der Waals surface area contributed by atoms with Crippen LogP contribution in [0.2, 0.25) is 0 Å². The van der Waals surface area contributed by atoms with Crippen LogP contribution in [0.25, 0.3) is 0 Å². The van der Waals surface area contributed by atoms with E-state index in [0.717, 1.165) is 38.5 Å². The molecule has 0 unspecified atom stereocenters. The summed E-state index contributed by atoms with van der Waals surface area (Å²) < 4.78 is 6.19. The largest absolute Gasteiger partial charge is 0.491 e. The number of amides is 5. The second kappa shape index (κ2) is 16.8. The van der Waals surface area contributed by atoms with E-state index in [1.165, 1.54) is 11.1 Å². The van der Waals surface area contributed by atoms with Gasteiger partial charge in [-0.3, -0.25) is 29.0 Å². The molecule has 13 heteroatoms. The van der Waals surface area contributed by atoms with Crippen LogP contribution in [0.15, 0.2) is 42.7 Å². The highest BCUT2D eigenvalue weighted by atomic mass is 16.5. The molecule has 5 rings (SSSR count). The lowest BCUT2D eigenvalue weighted by Gasteiger charge is -2.27. The summed E-state index contributed by atoms with van der Waals surface area (Å²) in [7, 11) is 0. The number of rotatable bonds is 10. The van der Waals surface area contributed by atoms with Crippen LogP contribution < -0.4 is 20.3 Å². The molecule has 2 fully saturated rings. The number of para-hydroxylation sites is 2. The molecule has 2 bridgehead atoms. The number of nitrogens with one attached hydrogen (secondary N) is 2. The van der Waals surface area contributed by atoms with E-state index in [9.17, 15) is 24.0 Å². The van der Waals surface area contributed by atoms with Gasteiger partial charge in [0.25, 0.3) is 5.91 Å². The number of hydrogen-bond acceptors (Lipinski definition) is 8. The standard InChI is InChI=1S/C34H45N7O6/c42-30(36-13-18-38-16-7-11-32(38)44)24-40-15-5-1-2-6-20-47-29-10-4-3-9-28(29)41(27-21-26(34(40)46)22-35-23-27)25-31(43)37-14-19-39-17-8-12-33(39)45/h3-4,9-10,21-23H,1-2,5-8,11-20,24-25H2,(H,36,42)(H,37,43). The molecule has 2 saturated heterocycles. The summed E-state index contributed by atoms with van der Waals surface area (Å²) in [4.78, 5) is 75.2. The Kier molecular flexibility index (Phi) is 12.0. The number of carbonyl (C=O) groups excluding carboxylic acids is 5. The van der Waals surface area contributed by atoms with Gasteiger partial charge in [0.05, 0.1) is 36.3 Å². The summed E-state index contributed by atoms with van der Waals surface area (Å²) in [5, 5.41) is 5.79. The van der Waals surface area contributed by atoms with Crippen molar-refractivity contribution in [2.24, 2.45) is 0 Å². The Morgan fingerprint density at radius 3 is 2.06 bits per heavy atom. The third-order valence-electron chi connectivity index (χ3n) is 8.69. The molecule has 1 aromatic carbocycles. The van der Waals surface area contributed by atoms with Crippen molar-refractivity contribution in [3.8, 4) is 5.75 Å². The Morgan fingerprint density at radius 2 is 1.38 bits per heavy atom. The number of aromatic nitrogens is 1. The third kappa shape index (κ3) is 9.43. The molecule has 3 aliphatic rings. The van der Waals surface area contributed by atoms with E-state index >= 15 is 0 Å². The van der Waals surface area contributed by atoms with Gasteiger partial charge < -0.3 is 35.0 Å². The zero-order valence-corrected chi connectivity index (χ0v) is 27.0.